The van der Waals surface area contributed by atoms with Crippen LogP contribution in [0.3, 0.4) is 0 Å². The molecule has 0 aliphatic carbocycles. The number of rotatable bonds is 8. The molecule has 0 radical (unpaired) electrons. The molecule has 3 aromatic rings. The van der Waals surface area contributed by atoms with Crippen LogP contribution in [0.1, 0.15) is 16.7 Å². The van der Waals surface area contributed by atoms with Crippen molar-refractivity contribution in [3.05, 3.63) is 86.9 Å². The van der Waals surface area contributed by atoms with Gasteiger partial charge in [-0.1, -0.05) is 47.0 Å². The molecular formula is C27H23Cl2N3O4. The molecule has 36 heavy (non-hydrogen) atoms. The smallest absolute Gasteiger partial charge is 0.266 e. The maximum absolute atomic E-state index is 12.6. The largest absolute Gasteiger partial charge is 0.493 e. The number of hydrogen-bond donors (Lipinski definition) is 2. The second kappa shape index (κ2) is 12.1. The maximum atomic E-state index is 12.6. The van der Waals surface area contributed by atoms with Crippen LogP contribution >= 0.6 is 23.2 Å². The average Bonchev–Trinajstić information content (AvgIpc) is 2.85. The molecule has 0 atom stereocenters. The number of methoxy groups -OCH3 is 1. The monoisotopic (exact) mass is 523 g/mol. The Labute approximate surface area is 219 Å². The Morgan fingerprint density at radius 3 is 2.31 bits per heavy atom. The molecule has 7 nitrogen and oxygen atoms in total. The molecule has 2 amide bonds. The molecule has 0 saturated heterocycles. The number of ether oxygens (including phenoxy) is 2. The molecule has 0 heterocycles. The second-order valence-electron chi connectivity index (χ2n) is 7.82. The molecule has 0 bridgehead atoms. The molecule has 0 unspecified atom stereocenters. The fraction of sp³-hybridized carbons (Fsp3) is 0.148. The zero-order valence-electron chi connectivity index (χ0n) is 19.8. The Morgan fingerprint density at radius 1 is 0.972 bits per heavy atom. The number of nitriles is 1. The third kappa shape index (κ3) is 7.01. The molecule has 2 N–H and O–H groups in total. The van der Waals surface area contributed by atoms with Crippen LogP contribution in [0.15, 0.2) is 60.2 Å². The van der Waals surface area contributed by atoms with Gasteiger partial charge in [0.2, 0.25) is 0 Å². The molecule has 0 aliphatic heterocycles. The summed E-state index contributed by atoms with van der Waals surface area (Å²) in [7, 11) is 1.41. The number of nitrogens with zero attached hydrogens (tertiary/aromatic N) is 1. The van der Waals surface area contributed by atoms with E-state index in [1.807, 2.05) is 32.0 Å². The third-order valence-electron chi connectivity index (χ3n) is 5.04. The SMILES string of the molecule is COc1cc(/C=C(/C#N)C(=O)Nc2ccc(C)cc2)cc(Cl)c1OCC(=O)Nc1ccc(C)c(Cl)c1. The van der Waals surface area contributed by atoms with Gasteiger partial charge in [0.05, 0.1) is 12.1 Å². The van der Waals surface area contributed by atoms with E-state index in [2.05, 4.69) is 10.6 Å². The number of carbonyl (C=O) groups is 2. The Balaban J connectivity index is 1.73. The molecule has 9 heteroatoms. The first-order valence-corrected chi connectivity index (χ1v) is 11.5. The molecule has 0 saturated carbocycles. The summed E-state index contributed by atoms with van der Waals surface area (Å²) < 4.78 is 11.0. The molecule has 0 aliphatic rings. The van der Waals surface area contributed by atoms with E-state index in [0.717, 1.165) is 11.1 Å². The van der Waals surface area contributed by atoms with E-state index >= 15 is 0 Å². The van der Waals surface area contributed by atoms with Crippen LogP contribution in [0.5, 0.6) is 11.5 Å². The van der Waals surface area contributed by atoms with Crippen LogP contribution in [0.4, 0.5) is 11.4 Å². The zero-order valence-corrected chi connectivity index (χ0v) is 21.3. The van der Waals surface area contributed by atoms with Crippen LogP contribution in [0.2, 0.25) is 10.0 Å². The van der Waals surface area contributed by atoms with Crippen LogP contribution in [0, 0.1) is 25.2 Å². The van der Waals surface area contributed by atoms with Crippen molar-refractivity contribution in [3.63, 3.8) is 0 Å². The number of aryl methyl sites for hydroxylation is 2. The Kier molecular flexibility index (Phi) is 8.96. The summed E-state index contributed by atoms with van der Waals surface area (Å²) in [5, 5.41) is 15.6. The molecule has 0 fully saturated rings. The van der Waals surface area contributed by atoms with Crippen LogP contribution in [-0.4, -0.2) is 25.5 Å². The Bertz CT molecular complexity index is 1360. The second-order valence-corrected chi connectivity index (χ2v) is 8.64. The van der Waals surface area contributed by atoms with Crippen molar-refractivity contribution in [1.29, 1.82) is 5.26 Å². The number of benzene rings is 3. The Morgan fingerprint density at radius 2 is 1.67 bits per heavy atom. The van der Waals surface area contributed by atoms with Crippen LogP contribution < -0.4 is 20.1 Å². The third-order valence-corrected chi connectivity index (χ3v) is 5.73. The van der Waals surface area contributed by atoms with Crippen molar-refractivity contribution in [3.8, 4) is 17.6 Å². The summed E-state index contributed by atoms with van der Waals surface area (Å²) in [6.45, 7) is 3.46. The van der Waals surface area contributed by atoms with Gasteiger partial charge >= 0.3 is 0 Å². The molecule has 184 valence electrons. The molecule has 3 aromatic carbocycles. The van der Waals surface area contributed by atoms with Crippen molar-refractivity contribution in [1.82, 2.24) is 0 Å². The average molecular weight is 524 g/mol. The van der Waals surface area contributed by atoms with E-state index in [9.17, 15) is 14.9 Å². The highest BCUT2D eigenvalue weighted by atomic mass is 35.5. The van der Waals surface area contributed by atoms with Gasteiger partial charge in [0, 0.05) is 16.4 Å². The van der Waals surface area contributed by atoms with Gasteiger partial charge in [-0.15, -0.1) is 0 Å². The lowest BCUT2D eigenvalue weighted by molar-refractivity contribution is -0.118. The summed E-state index contributed by atoms with van der Waals surface area (Å²) in [6.07, 6.45) is 1.38. The van der Waals surface area contributed by atoms with E-state index in [-0.39, 0.29) is 28.7 Å². The maximum Gasteiger partial charge on any atom is 0.266 e. The first-order chi connectivity index (χ1) is 17.2. The summed E-state index contributed by atoms with van der Waals surface area (Å²) in [6, 6.07) is 17.3. The fourth-order valence-corrected chi connectivity index (χ4v) is 3.57. The summed E-state index contributed by atoms with van der Waals surface area (Å²) in [4.78, 5) is 24.9. The Hall–Kier alpha value is -3.99. The zero-order chi connectivity index (χ0) is 26.2. The molecular weight excluding hydrogens is 501 g/mol. The number of halogens is 2. The number of anilines is 2. The van der Waals surface area contributed by atoms with Gasteiger partial charge in [-0.3, -0.25) is 9.59 Å². The van der Waals surface area contributed by atoms with E-state index < -0.39 is 11.8 Å². The highest BCUT2D eigenvalue weighted by molar-refractivity contribution is 6.32. The first-order valence-electron chi connectivity index (χ1n) is 10.8. The van der Waals surface area contributed by atoms with Crippen molar-refractivity contribution in [2.45, 2.75) is 13.8 Å². The van der Waals surface area contributed by atoms with Crippen LogP contribution in [-0.2, 0) is 9.59 Å². The van der Waals surface area contributed by atoms with Crippen molar-refractivity contribution in [2.75, 3.05) is 24.4 Å². The van der Waals surface area contributed by atoms with Gasteiger partial charge < -0.3 is 20.1 Å². The van der Waals surface area contributed by atoms with Gasteiger partial charge in [0.25, 0.3) is 11.8 Å². The van der Waals surface area contributed by atoms with E-state index in [0.29, 0.717) is 22.0 Å². The highest BCUT2D eigenvalue weighted by Gasteiger charge is 2.16. The standard InChI is InChI=1S/C27H23Cl2N3O4/c1-16-4-7-20(8-5-16)32-27(34)19(14-30)10-18-11-23(29)26(24(12-18)35-3)36-15-25(33)31-21-9-6-17(2)22(28)13-21/h4-13H,15H2,1-3H3,(H,31,33)(H,32,34)/b19-10-. The van der Waals surface area contributed by atoms with E-state index in [1.54, 1.807) is 36.4 Å². The lowest BCUT2D eigenvalue weighted by Crippen LogP contribution is -2.20. The van der Waals surface area contributed by atoms with Crippen molar-refractivity contribution >= 4 is 52.5 Å². The predicted molar refractivity (Wildman–Crippen MR) is 142 cm³/mol. The molecule has 0 spiro atoms. The van der Waals surface area contributed by atoms with E-state index in [1.165, 1.54) is 19.3 Å². The van der Waals surface area contributed by atoms with E-state index in [4.69, 9.17) is 32.7 Å². The van der Waals surface area contributed by atoms with Crippen molar-refractivity contribution in [2.24, 2.45) is 0 Å². The van der Waals surface area contributed by atoms with Gasteiger partial charge in [0.1, 0.15) is 11.6 Å². The number of amides is 2. The summed E-state index contributed by atoms with van der Waals surface area (Å²) >= 11 is 12.5. The lowest BCUT2D eigenvalue weighted by atomic mass is 10.1. The summed E-state index contributed by atoms with van der Waals surface area (Å²) in [5.74, 6) is -0.603. The minimum atomic E-state index is -0.565. The molecule has 0 aromatic heterocycles. The van der Waals surface area contributed by atoms with Gasteiger partial charge in [0.15, 0.2) is 18.1 Å². The van der Waals surface area contributed by atoms with Crippen LogP contribution in [0.25, 0.3) is 6.08 Å². The number of carbonyl (C=O) groups excluding carboxylic acids is 2. The predicted octanol–water partition coefficient (Wildman–Crippen LogP) is 6.18. The van der Waals surface area contributed by atoms with Crippen molar-refractivity contribution < 1.29 is 19.1 Å². The topological polar surface area (TPSA) is 100 Å². The van der Waals surface area contributed by atoms with Gasteiger partial charge in [-0.25, -0.2) is 0 Å². The summed E-state index contributed by atoms with van der Waals surface area (Å²) in [5.41, 5.74) is 3.36. The minimum absolute atomic E-state index is 0.126. The molecule has 3 rings (SSSR count). The fourth-order valence-electron chi connectivity index (χ4n) is 3.12. The normalized spacial score (nSPS) is 10.8. The number of nitrogens with one attached hydrogen (secondary N) is 2. The van der Waals surface area contributed by atoms with Gasteiger partial charge in [-0.2, -0.15) is 5.26 Å². The number of hydrogen-bond acceptors (Lipinski definition) is 5. The minimum Gasteiger partial charge on any atom is -0.493 e. The highest BCUT2D eigenvalue weighted by Crippen LogP contribution is 2.37. The lowest BCUT2D eigenvalue weighted by Gasteiger charge is -2.14. The quantitative estimate of drug-likeness (QED) is 0.271. The first kappa shape index (κ1) is 26.6. The van der Waals surface area contributed by atoms with Gasteiger partial charge in [-0.05, 0) is 67.4 Å².